The standard InChI is InChI=1S/C22H23FN2O4/c1-13-8-15(4-6-18(13)23)17(14-2-3-14)10-21(26)24-11-22(27)25-16-5-7-19-20(9-16)29-12-28-19/h4-9,14,17H,2-3,10-12H2,1H3,(H,24,26)(H,25,27). The molecule has 7 heteroatoms. The van der Waals surface area contributed by atoms with Crippen molar-refractivity contribution < 1.29 is 23.5 Å². The minimum atomic E-state index is -0.321. The molecular formula is C22H23FN2O4. The summed E-state index contributed by atoms with van der Waals surface area (Å²) in [5, 5.41) is 5.41. The molecule has 0 spiro atoms. The average molecular weight is 398 g/mol. The predicted octanol–water partition coefficient (Wildman–Crippen LogP) is 3.50. The molecule has 0 aromatic heterocycles. The Morgan fingerprint density at radius 3 is 2.66 bits per heavy atom. The molecule has 4 rings (SSSR count). The lowest BCUT2D eigenvalue weighted by molar-refractivity contribution is -0.124. The maximum absolute atomic E-state index is 13.6. The van der Waals surface area contributed by atoms with Crippen molar-refractivity contribution in [3.8, 4) is 11.5 Å². The molecule has 2 aliphatic rings. The molecule has 6 nitrogen and oxygen atoms in total. The fraction of sp³-hybridized carbons (Fsp3) is 0.364. The highest BCUT2D eigenvalue weighted by Gasteiger charge is 2.34. The normalized spacial score (nSPS) is 15.7. The van der Waals surface area contributed by atoms with Gasteiger partial charge in [0.1, 0.15) is 5.82 Å². The van der Waals surface area contributed by atoms with Crippen molar-refractivity contribution in [3.05, 3.63) is 53.3 Å². The molecule has 1 heterocycles. The van der Waals surface area contributed by atoms with E-state index in [0.717, 1.165) is 18.4 Å². The minimum Gasteiger partial charge on any atom is -0.454 e. The van der Waals surface area contributed by atoms with Crippen LogP contribution in [0.25, 0.3) is 0 Å². The highest BCUT2D eigenvalue weighted by Crippen LogP contribution is 2.44. The lowest BCUT2D eigenvalue weighted by Crippen LogP contribution is -2.33. The van der Waals surface area contributed by atoms with Crippen LogP contribution >= 0.6 is 0 Å². The highest BCUT2D eigenvalue weighted by molar-refractivity contribution is 5.94. The van der Waals surface area contributed by atoms with Crippen molar-refractivity contribution in [1.82, 2.24) is 5.32 Å². The Hall–Kier alpha value is -3.09. The van der Waals surface area contributed by atoms with Crippen LogP contribution in [0.3, 0.4) is 0 Å². The van der Waals surface area contributed by atoms with Crippen molar-refractivity contribution in [2.24, 2.45) is 5.92 Å². The molecule has 1 fully saturated rings. The van der Waals surface area contributed by atoms with E-state index in [2.05, 4.69) is 10.6 Å². The Labute approximate surface area is 168 Å². The first-order chi connectivity index (χ1) is 14.0. The lowest BCUT2D eigenvalue weighted by atomic mass is 9.89. The number of carbonyl (C=O) groups is 2. The van der Waals surface area contributed by atoms with Gasteiger partial charge in [-0.15, -0.1) is 0 Å². The third-order valence-corrected chi connectivity index (χ3v) is 5.31. The van der Waals surface area contributed by atoms with Crippen LogP contribution in [0.4, 0.5) is 10.1 Å². The molecule has 2 aromatic rings. The molecule has 1 atom stereocenters. The average Bonchev–Trinajstić information content (AvgIpc) is 3.44. The van der Waals surface area contributed by atoms with Gasteiger partial charge in [-0.2, -0.15) is 0 Å². The van der Waals surface area contributed by atoms with Crippen LogP contribution in [-0.4, -0.2) is 25.2 Å². The molecule has 0 radical (unpaired) electrons. The SMILES string of the molecule is Cc1cc(C(CC(=O)NCC(=O)Nc2ccc3c(c2)OCO3)C2CC2)ccc1F. The van der Waals surface area contributed by atoms with Gasteiger partial charge < -0.3 is 20.1 Å². The number of rotatable bonds is 7. The van der Waals surface area contributed by atoms with Crippen LogP contribution in [0.1, 0.15) is 36.3 Å². The molecule has 1 aliphatic heterocycles. The molecule has 2 amide bonds. The fourth-order valence-corrected chi connectivity index (χ4v) is 3.58. The van der Waals surface area contributed by atoms with E-state index in [-0.39, 0.29) is 43.3 Å². The molecule has 1 unspecified atom stereocenters. The predicted molar refractivity (Wildman–Crippen MR) is 105 cm³/mol. The quantitative estimate of drug-likeness (QED) is 0.748. The molecular weight excluding hydrogens is 375 g/mol. The number of hydrogen-bond donors (Lipinski definition) is 2. The summed E-state index contributed by atoms with van der Waals surface area (Å²) >= 11 is 0. The van der Waals surface area contributed by atoms with Crippen LogP contribution in [-0.2, 0) is 9.59 Å². The van der Waals surface area contributed by atoms with E-state index in [0.29, 0.717) is 28.7 Å². The Kier molecular flexibility index (Phi) is 5.38. The first-order valence-corrected chi connectivity index (χ1v) is 9.72. The largest absolute Gasteiger partial charge is 0.454 e. The van der Waals surface area contributed by atoms with Crippen molar-refractivity contribution in [1.29, 1.82) is 0 Å². The topological polar surface area (TPSA) is 76.7 Å². The molecule has 1 saturated carbocycles. The number of fused-ring (bicyclic) bond motifs is 1. The molecule has 2 N–H and O–H groups in total. The summed E-state index contributed by atoms with van der Waals surface area (Å²) in [5.74, 6) is 0.946. The Balaban J connectivity index is 1.30. The summed E-state index contributed by atoms with van der Waals surface area (Å²) in [6.45, 7) is 1.77. The van der Waals surface area contributed by atoms with Crippen molar-refractivity contribution in [3.63, 3.8) is 0 Å². The summed E-state index contributed by atoms with van der Waals surface area (Å²) in [6, 6.07) is 10.1. The van der Waals surface area contributed by atoms with Gasteiger partial charge in [-0.3, -0.25) is 9.59 Å². The van der Waals surface area contributed by atoms with Crippen LogP contribution < -0.4 is 20.1 Å². The number of anilines is 1. The zero-order valence-electron chi connectivity index (χ0n) is 16.2. The van der Waals surface area contributed by atoms with Gasteiger partial charge in [0.05, 0.1) is 6.54 Å². The summed E-state index contributed by atoms with van der Waals surface area (Å²) in [4.78, 5) is 24.6. The second kappa shape index (κ2) is 8.11. The first-order valence-electron chi connectivity index (χ1n) is 9.72. The Morgan fingerprint density at radius 1 is 1.10 bits per heavy atom. The zero-order valence-corrected chi connectivity index (χ0v) is 16.2. The molecule has 0 bridgehead atoms. The number of amides is 2. The van der Waals surface area contributed by atoms with Crippen molar-refractivity contribution in [2.75, 3.05) is 18.7 Å². The minimum absolute atomic E-state index is 0.0474. The molecule has 0 saturated heterocycles. The smallest absolute Gasteiger partial charge is 0.243 e. The van der Waals surface area contributed by atoms with Gasteiger partial charge in [0.15, 0.2) is 11.5 Å². The molecule has 2 aromatic carbocycles. The number of carbonyl (C=O) groups excluding carboxylic acids is 2. The fourth-order valence-electron chi connectivity index (χ4n) is 3.58. The summed E-state index contributed by atoms with van der Waals surface area (Å²) < 4.78 is 24.1. The Bertz CT molecular complexity index is 942. The third kappa shape index (κ3) is 4.67. The molecule has 1 aliphatic carbocycles. The van der Waals surface area contributed by atoms with Gasteiger partial charge in [0, 0.05) is 18.2 Å². The van der Waals surface area contributed by atoms with Crippen LogP contribution in [0.5, 0.6) is 11.5 Å². The van der Waals surface area contributed by atoms with Crippen LogP contribution in [0.15, 0.2) is 36.4 Å². The number of aryl methyl sites for hydroxylation is 1. The van der Waals surface area contributed by atoms with Crippen LogP contribution in [0.2, 0.25) is 0 Å². The molecule has 152 valence electrons. The number of nitrogens with one attached hydrogen (secondary N) is 2. The van der Waals surface area contributed by atoms with E-state index < -0.39 is 0 Å². The van der Waals surface area contributed by atoms with E-state index >= 15 is 0 Å². The van der Waals surface area contributed by atoms with Gasteiger partial charge in [0.2, 0.25) is 18.6 Å². The van der Waals surface area contributed by atoms with E-state index in [9.17, 15) is 14.0 Å². The maximum Gasteiger partial charge on any atom is 0.243 e. The first kappa shape index (κ1) is 19.2. The van der Waals surface area contributed by atoms with E-state index in [4.69, 9.17) is 9.47 Å². The van der Waals surface area contributed by atoms with E-state index in [1.165, 1.54) is 6.07 Å². The molecule has 29 heavy (non-hydrogen) atoms. The summed E-state index contributed by atoms with van der Waals surface area (Å²) in [7, 11) is 0. The van der Waals surface area contributed by atoms with Gasteiger partial charge in [0.25, 0.3) is 0 Å². The van der Waals surface area contributed by atoms with Gasteiger partial charge in [-0.05, 0) is 60.9 Å². The number of ether oxygens (including phenoxy) is 2. The van der Waals surface area contributed by atoms with Gasteiger partial charge in [-0.1, -0.05) is 12.1 Å². The monoisotopic (exact) mass is 398 g/mol. The Morgan fingerprint density at radius 2 is 1.90 bits per heavy atom. The van der Waals surface area contributed by atoms with Crippen molar-refractivity contribution >= 4 is 17.5 Å². The van der Waals surface area contributed by atoms with E-state index in [1.807, 2.05) is 6.07 Å². The maximum atomic E-state index is 13.6. The van der Waals surface area contributed by atoms with E-state index in [1.54, 1.807) is 31.2 Å². The van der Waals surface area contributed by atoms with Crippen molar-refractivity contribution in [2.45, 2.75) is 32.1 Å². The van der Waals surface area contributed by atoms with Crippen LogP contribution in [0, 0.1) is 18.7 Å². The zero-order chi connectivity index (χ0) is 20.4. The second-order valence-electron chi connectivity index (χ2n) is 7.55. The number of benzene rings is 2. The summed E-state index contributed by atoms with van der Waals surface area (Å²) in [6.07, 6.45) is 2.42. The lowest BCUT2D eigenvalue weighted by Gasteiger charge is -2.17. The second-order valence-corrected chi connectivity index (χ2v) is 7.55. The summed E-state index contributed by atoms with van der Waals surface area (Å²) in [5.41, 5.74) is 2.13. The third-order valence-electron chi connectivity index (χ3n) is 5.31. The number of hydrogen-bond acceptors (Lipinski definition) is 4. The number of halogens is 1. The highest BCUT2D eigenvalue weighted by atomic mass is 19.1. The van der Waals surface area contributed by atoms with Gasteiger partial charge in [-0.25, -0.2) is 4.39 Å². The van der Waals surface area contributed by atoms with Gasteiger partial charge >= 0.3 is 0 Å².